The molecule has 0 aliphatic carbocycles. The van der Waals surface area contributed by atoms with Crippen LogP contribution >= 0.6 is 12.2 Å². The lowest BCUT2D eigenvalue weighted by Crippen LogP contribution is -2.34. The lowest BCUT2D eigenvalue weighted by Gasteiger charge is -2.31. The number of hydrogen-bond donors (Lipinski definition) is 2. The highest BCUT2D eigenvalue weighted by Crippen LogP contribution is 2.21. The van der Waals surface area contributed by atoms with E-state index in [-0.39, 0.29) is 5.91 Å². The van der Waals surface area contributed by atoms with E-state index in [1.54, 1.807) is 0 Å². The van der Waals surface area contributed by atoms with Crippen molar-refractivity contribution in [3.05, 3.63) is 35.4 Å². The minimum absolute atomic E-state index is 0.187. The Hall–Kier alpha value is -1.46. The van der Waals surface area contributed by atoms with Gasteiger partial charge >= 0.3 is 0 Å². The summed E-state index contributed by atoms with van der Waals surface area (Å²) < 4.78 is 0. The molecule has 1 amide bonds. The summed E-state index contributed by atoms with van der Waals surface area (Å²) in [5.74, 6) is 0.263. The molecule has 0 bridgehead atoms. The van der Waals surface area contributed by atoms with Crippen molar-refractivity contribution < 1.29 is 4.79 Å². The molecular weight excluding hydrogens is 270 g/mol. The zero-order valence-corrected chi connectivity index (χ0v) is 12.4. The predicted molar refractivity (Wildman–Crippen MR) is 84.1 cm³/mol. The normalized spacial score (nSPS) is 17.0. The summed E-state index contributed by atoms with van der Waals surface area (Å²) in [6.07, 6.45) is 2.60. The van der Waals surface area contributed by atoms with Crippen LogP contribution in [-0.2, 0) is 11.3 Å². The number of amides is 1. The topological polar surface area (TPSA) is 72.4 Å². The molecular formula is C15H21N3OS. The van der Waals surface area contributed by atoms with Crippen molar-refractivity contribution in [1.82, 2.24) is 4.90 Å². The molecule has 0 unspecified atom stereocenters. The van der Waals surface area contributed by atoms with Gasteiger partial charge in [-0.2, -0.15) is 0 Å². The largest absolute Gasteiger partial charge is 0.389 e. The molecule has 0 saturated carbocycles. The summed E-state index contributed by atoms with van der Waals surface area (Å²) in [7, 11) is 0. The van der Waals surface area contributed by atoms with Crippen LogP contribution < -0.4 is 11.5 Å². The molecule has 1 saturated heterocycles. The number of nitrogens with zero attached hydrogens (tertiary/aromatic N) is 1. The lowest BCUT2D eigenvalue weighted by molar-refractivity contribution is -0.119. The van der Waals surface area contributed by atoms with Crippen LogP contribution in [-0.4, -0.2) is 28.9 Å². The van der Waals surface area contributed by atoms with Crippen molar-refractivity contribution in [3.8, 4) is 0 Å². The van der Waals surface area contributed by atoms with Crippen LogP contribution in [0.2, 0.25) is 0 Å². The molecule has 2 rings (SSSR count). The molecule has 1 heterocycles. The maximum atomic E-state index is 10.9. The standard InChI is InChI=1S/C15H21N3OS/c16-14(19)9-11-4-6-18(7-5-11)10-12-2-1-3-13(8-12)15(17)20/h1-3,8,11H,4-7,9-10H2,(H2,16,19)(H2,17,20). The molecule has 1 aliphatic heterocycles. The molecule has 0 aromatic heterocycles. The highest BCUT2D eigenvalue weighted by atomic mass is 32.1. The molecule has 108 valence electrons. The van der Waals surface area contributed by atoms with Crippen LogP contribution in [0.25, 0.3) is 0 Å². The molecule has 1 fully saturated rings. The Labute approximate surface area is 125 Å². The van der Waals surface area contributed by atoms with Gasteiger partial charge in [0.2, 0.25) is 5.91 Å². The van der Waals surface area contributed by atoms with Crippen molar-refractivity contribution in [2.45, 2.75) is 25.8 Å². The van der Waals surface area contributed by atoms with E-state index < -0.39 is 0 Å². The van der Waals surface area contributed by atoms with Gasteiger partial charge in [0.1, 0.15) is 4.99 Å². The van der Waals surface area contributed by atoms with Gasteiger partial charge in [-0.3, -0.25) is 9.69 Å². The Morgan fingerprint density at radius 2 is 2.00 bits per heavy atom. The van der Waals surface area contributed by atoms with Gasteiger partial charge in [0.15, 0.2) is 0 Å². The van der Waals surface area contributed by atoms with E-state index in [0.29, 0.717) is 17.3 Å². The zero-order valence-electron chi connectivity index (χ0n) is 11.5. The fraction of sp³-hybridized carbons (Fsp3) is 0.467. The highest BCUT2D eigenvalue weighted by molar-refractivity contribution is 7.80. The second-order valence-corrected chi connectivity index (χ2v) is 5.89. The van der Waals surface area contributed by atoms with Crippen LogP contribution in [0.3, 0.4) is 0 Å². The predicted octanol–water partition coefficient (Wildman–Crippen LogP) is 1.41. The van der Waals surface area contributed by atoms with Gasteiger partial charge in [0.25, 0.3) is 0 Å². The van der Waals surface area contributed by atoms with Crippen molar-refractivity contribution in [2.24, 2.45) is 17.4 Å². The number of likely N-dealkylation sites (tertiary alicyclic amines) is 1. The van der Waals surface area contributed by atoms with Gasteiger partial charge in [-0.05, 0) is 43.5 Å². The average molecular weight is 291 g/mol. The van der Waals surface area contributed by atoms with Gasteiger partial charge in [0, 0.05) is 18.5 Å². The fourth-order valence-electron chi connectivity index (χ4n) is 2.71. The number of carbonyl (C=O) groups is 1. The SMILES string of the molecule is NC(=O)CC1CCN(Cc2cccc(C(N)=S)c2)CC1. The fourth-order valence-corrected chi connectivity index (χ4v) is 2.84. The maximum absolute atomic E-state index is 10.9. The number of thiocarbonyl (C=S) groups is 1. The lowest BCUT2D eigenvalue weighted by atomic mass is 9.93. The number of carbonyl (C=O) groups excluding carboxylic acids is 1. The summed E-state index contributed by atoms with van der Waals surface area (Å²) in [6, 6.07) is 8.07. The van der Waals surface area contributed by atoms with E-state index in [0.717, 1.165) is 38.0 Å². The number of nitrogens with two attached hydrogens (primary N) is 2. The Morgan fingerprint density at radius 1 is 1.30 bits per heavy atom. The molecule has 20 heavy (non-hydrogen) atoms. The van der Waals surface area contributed by atoms with Gasteiger partial charge in [-0.25, -0.2) is 0 Å². The first kappa shape index (κ1) is 14.9. The molecule has 1 aromatic carbocycles. The van der Waals surface area contributed by atoms with E-state index in [2.05, 4.69) is 17.0 Å². The van der Waals surface area contributed by atoms with Crippen LogP contribution in [0.4, 0.5) is 0 Å². The Kier molecular flexibility index (Phi) is 5.09. The molecule has 4 N–H and O–H groups in total. The molecule has 1 aliphatic rings. The minimum atomic E-state index is -0.187. The van der Waals surface area contributed by atoms with Gasteiger partial charge in [0.05, 0.1) is 0 Å². The quantitative estimate of drug-likeness (QED) is 0.805. The third-order valence-electron chi connectivity index (χ3n) is 3.81. The summed E-state index contributed by atoms with van der Waals surface area (Å²) in [5, 5.41) is 0. The molecule has 4 nitrogen and oxygen atoms in total. The third-order valence-corrected chi connectivity index (χ3v) is 4.05. The van der Waals surface area contributed by atoms with Crippen molar-refractivity contribution in [2.75, 3.05) is 13.1 Å². The Balaban J connectivity index is 1.88. The maximum Gasteiger partial charge on any atom is 0.217 e. The minimum Gasteiger partial charge on any atom is -0.389 e. The first-order valence-corrected chi connectivity index (χ1v) is 7.35. The molecule has 0 spiro atoms. The Morgan fingerprint density at radius 3 is 2.60 bits per heavy atom. The third kappa shape index (κ3) is 4.28. The van der Waals surface area contributed by atoms with Crippen LogP contribution in [0, 0.1) is 5.92 Å². The molecule has 0 atom stereocenters. The van der Waals surface area contributed by atoms with Crippen LogP contribution in [0.1, 0.15) is 30.4 Å². The van der Waals surface area contributed by atoms with Gasteiger partial charge in [-0.15, -0.1) is 0 Å². The van der Waals surface area contributed by atoms with E-state index in [1.807, 2.05) is 12.1 Å². The number of rotatable bonds is 5. The smallest absolute Gasteiger partial charge is 0.217 e. The van der Waals surface area contributed by atoms with Crippen molar-refractivity contribution >= 4 is 23.1 Å². The van der Waals surface area contributed by atoms with E-state index in [1.165, 1.54) is 5.56 Å². The Bertz CT molecular complexity index is 496. The first-order chi connectivity index (χ1) is 9.54. The van der Waals surface area contributed by atoms with Gasteiger partial charge < -0.3 is 11.5 Å². The first-order valence-electron chi connectivity index (χ1n) is 6.94. The summed E-state index contributed by atoms with van der Waals surface area (Å²) in [5.41, 5.74) is 13.0. The van der Waals surface area contributed by atoms with Crippen molar-refractivity contribution in [1.29, 1.82) is 0 Å². The molecule has 0 radical (unpaired) electrons. The summed E-state index contributed by atoms with van der Waals surface area (Å²) in [4.78, 5) is 13.8. The van der Waals surface area contributed by atoms with Gasteiger partial charge in [-0.1, -0.05) is 30.4 Å². The molecule has 5 heteroatoms. The monoisotopic (exact) mass is 291 g/mol. The average Bonchev–Trinajstić information content (AvgIpc) is 2.41. The number of piperidine rings is 1. The molecule has 1 aromatic rings. The van der Waals surface area contributed by atoms with Crippen LogP contribution in [0.15, 0.2) is 24.3 Å². The zero-order chi connectivity index (χ0) is 14.5. The van der Waals surface area contributed by atoms with Crippen molar-refractivity contribution in [3.63, 3.8) is 0 Å². The van der Waals surface area contributed by atoms with Crippen LogP contribution in [0.5, 0.6) is 0 Å². The summed E-state index contributed by atoms with van der Waals surface area (Å²) in [6.45, 7) is 2.92. The highest BCUT2D eigenvalue weighted by Gasteiger charge is 2.20. The van der Waals surface area contributed by atoms with E-state index in [9.17, 15) is 4.79 Å². The second kappa shape index (κ2) is 6.81. The summed E-state index contributed by atoms with van der Waals surface area (Å²) >= 11 is 5.00. The van der Waals surface area contributed by atoms with E-state index in [4.69, 9.17) is 23.7 Å². The van der Waals surface area contributed by atoms with E-state index >= 15 is 0 Å². The number of hydrogen-bond acceptors (Lipinski definition) is 3. The number of benzene rings is 1. The second-order valence-electron chi connectivity index (χ2n) is 5.45. The number of primary amides is 1.